The van der Waals surface area contributed by atoms with Crippen LogP contribution in [0.15, 0.2) is 0 Å². The van der Waals surface area contributed by atoms with Crippen molar-refractivity contribution in [2.45, 2.75) is 15.0 Å². The Morgan fingerprint density at radius 3 is 2.38 bits per heavy atom. The van der Waals surface area contributed by atoms with E-state index in [0.29, 0.717) is 0 Å². The lowest BCUT2D eigenvalue weighted by Crippen LogP contribution is -2.34. The van der Waals surface area contributed by atoms with E-state index in [9.17, 15) is 13.6 Å². The molecule has 0 aromatic rings. The molecule has 0 aliphatic heterocycles. The molecule has 8 heteroatoms. The minimum atomic E-state index is -3.08. The van der Waals surface area contributed by atoms with Crippen LogP contribution < -0.4 is 5.73 Å². The third kappa shape index (κ3) is 5.14. The smallest absolute Gasteiger partial charge is 0.321 e. The van der Waals surface area contributed by atoms with Crippen molar-refractivity contribution in [1.29, 1.82) is 0 Å². The maximum atomic E-state index is 12.8. The highest BCUT2D eigenvalue weighted by molar-refractivity contribution is 9.24. The number of aliphatic carboxylic acids is 1. The molecule has 0 saturated carbocycles. The summed E-state index contributed by atoms with van der Waals surface area (Å²) in [6.07, 6.45) is 0. The number of alkyl halides is 4. The minimum Gasteiger partial charge on any atom is -0.480 e. The average molecular weight is 343 g/mol. The van der Waals surface area contributed by atoms with E-state index in [1.165, 1.54) is 0 Å². The first-order valence-corrected chi connectivity index (χ1v) is 5.87. The number of carboxylic acids is 1. The Balaban J connectivity index is 3.95. The molecule has 0 aromatic heterocycles. The van der Waals surface area contributed by atoms with E-state index < -0.39 is 21.0 Å². The fourth-order valence-corrected chi connectivity index (χ4v) is 1.80. The van der Waals surface area contributed by atoms with Crippen molar-refractivity contribution in [3.8, 4) is 0 Å². The molecule has 0 rings (SSSR count). The first-order valence-electron chi connectivity index (χ1n) is 3.05. The van der Waals surface area contributed by atoms with Crippen LogP contribution in [0.4, 0.5) is 8.78 Å². The monoisotopic (exact) mass is 341 g/mol. The number of hydrogen-bond donors (Lipinski definition) is 2. The Morgan fingerprint density at radius 1 is 1.62 bits per heavy atom. The number of thioether (sulfide) groups is 1. The summed E-state index contributed by atoms with van der Waals surface area (Å²) in [5, 5.41) is 5.23. The lowest BCUT2D eigenvalue weighted by atomic mass is 10.4. The number of halogens is 4. The van der Waals surface area contributed by atoms with Crippen LogP contribution in [-0.4, -0.2) is 31.9 Å². The maximum Gasteiger partial charge on any atom is 0.321 e. The van der Waals surface area contributed by atoms with Crippen molar-refractivity contribution in [3.63, 3.8) is 0 Å². The summed E-state index contributed by atoms with van der Waals surface area (Å²) < 4.78 is 24.4. The fraction of sp³-hybridized carbons (Fsp3) is 0.800. The largest absolute Gasteiger partial charge is 0.480 e. The zero-order valence-electron chi connectivity index (χ0n) is 6.21. The van der Waals surface area contributed by atoms with Gasteiger partial charge in [-0.05, 0) is 0 Å². The molecule has 1 atom stereocenters. The van der Waals surface area contributed by atoms with Crippen LogP contribution in [0.2, 0.25) is 0 Å². The topological polar surface area (TPSA) is 63.3 Å². The lowest BCUT2D eigenvalue weighted by Gasteiger charge is -2.17. The standard InChI is InChI=1S/C5H7Br2F2NO2S/c6-4(7)5(8,9)13-1-2(10)3(11)12/h2,4H,1,10H2,(H,11,12). The highest BCUT2D eigenvalue weighted by atomic mass is 79.9. The van der Waals surface area contributed by atoms with Crippen LogP contribution in [0.5, 0.6) is 0 Å². The van der Waals surface area contributed by atoms with E-state index >= 15 is 0 Å². The molecule has 0 aliphatic rings. The zero-order chi connectivity index (χ0) is 10.6. The van der Waals surface area contributed by atoms with E-state index in [4.69, 9.17) is 10.8 Å². The van der Waals surface area contributed by atoms with Crippen molar-refractivity contribution >= 4 is 49.6 Å². The second kappa shape index (κ2) is 5.47. The lowest BCUT2D eigenvalue weighted by molar-refractivity contribution is -0.137. The van der Waals surface area contributed by atoms with Crippen LogP contribution in [0, 0.1) is 0 Å². The molecule has 0 radical (unpaired) electrons. The van der Waals surface area contributed by atoms with Crippen molar-refractivity contribution in [2.24, 2.45) is 5.73 Å². The van der Waals surface area contributed by atoms with Gasteiger partial charge < -0.3 is 10.8 Å². The maximum absolute atomic E-state index is 12.8. The predicted molar refractivity (Wildman–Crippen MR) is 54.7 cm³/mol. The molecule has 0 heterocycles. The molecule has 3 nitrogen and oxygen atoms in total. The molecule has 0 aromatic carbocycles. The van der Waals surface area contributed by atoms with Gasteiger partial charge in [0, 0.05) is 5.75 Å². The van der Waals surface area contributed by atoms with Gasteiger partial charge in [-0.15, -0.1) is 0 Å². The summed E-state index contributed by atoms with van der Waals surface area (Å²) in [6, 6.07) is -1.27. The Labute approximate surface area is 94.7 Å². The van der Waals surface area contributed by atoms with Gasteiger partial charge >= 0.3 is 11.2 Å². The second-order valence-electron chi connectivity index (χ2n) is 2.12. The van der Waals surface area contributed by atoms with Gasteiger partial charge in [0.15, 0.2) is 0 Å². The Morgan fingerprint density at radius 2 is 2.08 bits per heavy atom. The second-order valence-corrected chi connectivity index (χ2v) is 6.34. The summed E-state index contributed by atoms with van der Waals surface area (Å²) in [7, 11) is 0. The summed E-state index contributed by atoms with van der Waals surface area (Å²) in [4.78, 5) is 10.2. The van der Waals surface area contributed by atoms with Gasteiger partial charge in [0.1, 0.15) is 9.78 Å². The minimum absolute atomic E-state index is 0.190. The highest BCUT2D eigenvalue weighted by Crippen LogP contribution is 2.39. The SMILES string of the molecule is NC(CSC(F)(F)C(Br)Br)C(=O)O. The van der Waals surface area contributed by atoms with Crippen LogP contribution in [-0.2, 0) is 4.79 Å². The predicted octanol–water partition coefficient (Wildman–Crippen LogP) is 1.84. The molecule has 0 amide bonds. The molecule has 78 valence electrons. The van der Waals surface area contributed by atoms with Crippen LogP contribution in [0.25, 0.3) is 0 Å². The van der Waals surface area contributed by atoms with Crippen molar-refractivity contribution in [3.05, 3.63) is 0 Å². The van der Waals surface area contributed by atoms with Gasteiger partial charge in [0.2, 0.25) is 0 Å². The van der Waals surface area contributed by atoms with Crippen molar-refractivity contribution in [1.82, 2.24) is 0 Å². The Hall–Kier alpha value is 0.600. The molecule has 3 N–H and O–H groups in total. The molecule has 0 aliphatic carbocycles. The fourth-order valence-electron chi connectivity index (χ4n) is 0.335. The first kappa shape index (κ1) is 13.6. The zero-order valence-corrected chi connectivity index (χ0v) is 10.2. The number of carbonyl (C=O) groups is 1. The molecule has 13 heavy (non-hydrogen) atoms. The van der Waals surface area contributed by atoms with Crippen LogP contribution in [0.1, 0.15) is 0 Å². The van der Waals surface area contributed by atoms with Crippen LogP contribution >= 0.6 is 43.6 Å². The molecular weight excluding hydrogens is 336 g/mol. The molecule has 0 fully saturated rings. The van der Waals surface area contributed by atoms with Crippen LogP contribution in [0.3, 0.4) is 0 Å². The number of hydrogen-bond acceptors (Lipinski definition) is 3. The Bertz CT molecular complexity index is 193. The van der Waals surface area contributed by atoms with Gasteiger partial charge in [-0.3, -0.25) is 4.79 Å². The highest BCUT2D eigenvalue weighted by Gasteiger charge is 2.37. The van der Waals surface area contributed by atoms with Gasteiger partial charge in [0.05, 0.1) is 0 Å². The average Bonchev–Trinajstić information content (AvgIpc) is 1.99. The van der Waals surface area contributed by atoms with E-state index in [2.05, 4.69) is 31.9 Å². The van der Waals surface area contributed by atoms with E-state index in [0.717, 1.165) is 0 Å². The number of nitrogens with two attached hydrogens (primary N) is 1. The molecular formula is C5H7Br2F2NO2S. The summed E-state index contributed by atoms with van der Waals surface area (Å²) in [6.45, 7) is 0. The van der Waals surface area contributed by atoms with Crippen molar-refractivity contribution in [2.75, 3.05) is 5.75 Å². The normalized spacial score (nSPS) is 14.6. The van der Waals surface area contributed by atoms with Gasteiger partial charge in [-0.1, -0.05) is 43.6 Å². The van der Waals surface area contributed by atoms with E-state index in [1.807, 2.05) is 0 Å². The molecule has 0 saturated heterocycles. The van der Waals surface area contributed by atoms with Crippen molar-refractivity contribution < 1.29 is 18.7 Å². The summed E-state index contributed by atoms with van der Waals surface area (Å²) >= 11 is 5.47. The van der Waals surface area contributed by atoms with Gasteiger partial charge in [-0.25, -0.2) is 0 Å². The molecule has 1 unspecified atom stereocenters. The number of rotatable bonds is 5. The first-order chi connectivity index (χ1) is 5.77. The third-order valence-electron chi connectivity index (χ3n) is 1.03. The van der Waals surface area contributed by atoms with E-state index in [-0.39, 0.29) is 17.5 Å². The quantitative estimate of drug-likeness (QED) is 0.748. The molecule has 0 spiro atoms. The van der Waals surface area contributed by atoms with E-state index in [1.54, 1.807) is 0 Å². The van der Waals surface area contributed by atoms with Gasteiger partial charge in [-0.2, -0.15) is 8.78 Å². The molecule has 0 bridgehead atoms. The Kier molecular flexibility index (Phi) is 5.73. The number of carboxylic acid groups (broad SMARTS) is 1. The summed E-state index contributed by atoms with van der Waals surface area (Å²) in [5.41, 5.74) is 5.04. The van der Waals surface area contributed by atoms with Gasteiger partial charge in [0.25, 0.3) is 0 Å². The summed E-state index contributed by atoms with van der Waals surface area (Å²) in [5.74, 6) is -1.63. The third-order valence-corrected chi connectivity index (χ3v) is 3.93.